The van der Waals surface area contributed by atoms with E-state index in [1.54, 1.807) is 13.2 Å². The van der Waals surface area contributed by atoms with Crippen LogP contribution in [-0.4, -0.2) is 54.9 Å². The van der Waals surface area contributed by atoms with E-state index in [0.29, 0.717) is 5.56 Å². The van der Waals surface area contributed by atoms with Crippen molar-refractivity contribution in [3.63, 3.8) is 0 Å². The second-order valence-corrected chi connectivity index (χ2v) is 7.92. The molecular weight excluding hydrogens is 364 g/mol. The molecule has 2 aliphatic heterocycles. The first-order valence-electron chi connectivity index (χ1n) is 10.4. The molecule has 29 heavy (non-hydrogen) atoms. The molecule has 152 valence electrons. The molecule has 2 aliphatic rings. The minimum atomic E-state index is -0.502. The van der Waals surface area contributed by atoms with E-state index in [9.17, 15) is 9.59 Å². The maximum absolute atomic E-state index is 12.8. The molecule has 0 unspecified atom stereocenters. The largest absolute Gasteiger partial charge is 0.358 e. The Bertz CT molecular complexity index is 852. The van der Waals surface area contributed by atoms with Gasteiger partial charge in [0.15, 0.2) is 0 Å². The van der Waals surface area contributed by atoms with Crippen LogP contribution in [-0.2, 0) is 10.2 Å². The van der Waals surface area contributed by atoms with Crippen LogP contribution in [0.1, 0.15) is 41.6 Å². The number of nitrogens with one attached hydrogen (secondary N) is 1. The van der Waals surface area contributed by atoms with Crippen molar-refractivity contribution in [2.45, 2.75) is 31.1 Å². The molecule has 2 saturated heterocycles. The molecule has 2 aromatic rings. The molecule has 0 spiro atoms. The van der Waals surface area contributed by atoms with Gasteiger partial charge in [-0.1, -0.05) is 30.3 Å². The van der Waals surface area contributed by atoms with Gasteiger partial charge < -0.3 is 15.1 Å². The van der Waals surface area contributed by atoms with Gasteiger partial charge in [-0.25, -0.2) is 4.98 Å². The number of hydrogen-bond donors (Lipinski definition) is 1. The quantitative estimate of drug-likeness (QED) is 0.869. The number of nitrogens with zero attached hydrogens (tertiary/aromatic N) is 3. The maximum atomic E-state index is 12.8. The van der Waals surface area contributed by atoms with Crippen LogP contribution in [0.5, 0.6) is 0 Å². The van der Waals surface area contributed by atoms with Crippen LogP contribution in [0.3, 0.4) is 0 Å². The van der Waals surface area contributed by atoms with E-state index in [2.05, 4.69) is 15.2 Å². The molecule has 3 heterocycles. The van der Waals surface area contributed by atoms with Crippen molar-refractivity contribution in [2.75, 3.05) is 38.1 Å². The highest BCUT2D eigenvalue weighted by Crippen LogP contribution is 2.37. The molecule has 0 atom stereocenters. The minimum absolute atomic E-state index is 0.0721. The Morgan fingerprint density at radius 2 is 1.66 bits per heavy atom. The van der Waals surface area contributed by atoms with E-state index < -0.39 is 5.41 Å². The van der Waals surface area contributed by atoms with Crippen LogP contribution < -0.4 is 10.2 Å². The molecular formula is C23H28N4O2. The van der Waals surface area contributed by atoms with Gasteiger partial charge in [0.25, 0.3) is 5.91 Å². The highest BCUT2D eigenvalue weighted by Gasteiger charge is 2.42. The number of hydrogen-bond acceptors (Lipinski definition) is 4. The number of likely N-dealkylation sites (N-methyl/N-ethyl adjacent to an activating group) is 1. The summed E-state index contributed by atoms with van der Waals surface area (Å²) < 4.78 is 0. The summed E-state index contributed by atoms with van der Waals surface area (Å²) in [5.41, 5.74) is 1.22. The van der Waals surface area contributed by atoms with Crippen molar-refractivity contribution in [3.05, 3.63) is 59.8 Å². The first-order chi connectivity index (χ1) is 14.1. The third-order valence-electron chi connectivity index (χ3n) is 6.32. The first kappa shape index (κ1) is 19.4. The number of amides is 2. The molecule has 1 aromatic heterocycles. The molecule has 0 bridgehead atoms. The lowest BCUT2D eigenvalue weighted by molar-refractivity contribution is -0.127. The minimum Gasteiger partial charge on any atom is -0.358 e. The second kappa shape index (κ2) is 8.23. The van der Waals surface area contributed by atoms with Gasteiger partial charge in [-0.3, -0.25) is 9.59 Å². The molecule has 2 fully saturated rings. The summed E-state index contributed by atoms with van der Waals surface area (Å²) in [5, 5.41) is 2.86. The Morgan fingerprint density at radius 3 is 2.24 bits per heavy atom. The summed E-state index contributed by atoms with van der Waals surface area (Å²) in [6, 6.07) is 13.8. The fourth-order valence-corrected chi connectivity index (χ4v) is 4.56. The fraction of sp³-hybridized carbons (Fsp3) is 0.435. The van der Waals surface area contributed by atoms with Gasteiger partial charge in [0.2, 0.25) is 5.91 Å². The summed E-state index contributed by atoms with van der Waals surface area (Å²) >= 11 is 0. The average molecular weight is 393 g/mol. The maximum Gasteiger partial charge on any atom is 0.255 e. The number of pyridine rings is 1. The van der Waals surface area contributed by atoms with Crippen LogP contribution in [0.4, 0.5) is 5.82 Å². The zero-order valence-electron chi connectivity index (χ0n) is 16.9. The third kappa shape index (κ3) is 3.71. The van der Waals surface area contributed by atoms with Gasteiger partial charge in [-0.2, -0.15) is 0 Å². The first-order valence-corrected chi connectivity index (χ1v) is 10.4. The standard InChI is InChI=1S/C23H28N4O2/c1-24-22(29)23(19-7-3-2-4-8-19)11-15-26(16-12-23)20-10-9-18(17-25-20)21(28)27-13-5-6-14-27/h2-4,7-10,17H,5-6,11-16H2,1H3,(H,24,29). The van der Waals surface area contributed by atoms with Gasteiger partial charge in [0, 0.05) is 39.4 Å². The Morgan fingerprint density at radius 1 is 0.966 bits per heavy atom. The molecule has 1 N–H and O–H groups in total. The third-order valence-corrected chi connectivity index (χ3v) is 6.32. The van der Waals surface area contributed by atoms with Crippen LogP contribution in [0.25, 0.3) is 0 Å². The SMILES string of the molecule is CNC(=O)C1(c2ccccc2)CCN(c2ccc(C(=O)N3CCCC3)cn2)CC1. The van der Waals surface area contributed by atoms with Gasteiger partial charge in [0.05, 0.1) is 11.0 Å². The van der Waals surface area contributed by atoms with Crippen LogP contribution in [0.2, 0.25) is 0 Å². The number of aromatic nitrogens is 1. The van der Waals surface area contributed by atoms with Gasteiger partial charge >= 0.3 is 0 Å². The van der Waals surface area contributed by atoms with Crippen molar-refractivity contribution in [2.24, 2.45) is 0 Å². The number of benzene rings is 1. The zero-order chi connectivity index (χ0) is 20.3. The van der Waals surface area contributed by atoms with Crippen molar-refractivity contribution in [1.82, 2.24) is 15.2 Å². The van der Waals surface area contributed by atoms with Crippen LogP contribution in [0.15, 0.2) is 48.7 Å². The molecule has 2 amide bonds. The van der Waals surface area contributed by atoms with E-state index in [-0.39, 0.29) is 11.8 Å². The van der Waals surface area contributed by atoms with E-state index in [4.69, 9.17) is 0 Å². The lowest BCUT2D eigenvalue weighted by Crippen LogP contribution is -2.51. The summed E-state index contributed by atoms with van der Waals surface area (Å²) in [5.74, 6) is 1.01. The number of piperidine rings is 1. The summed E-state index contributed by atoms with van der Waals surface area (Å²) in [6.45, 7) is 3.17. The fourth-order valence-electron chi connectivity index (χ4n) is 4.56. The smallest absolute Gasteiger partial charge is 0.255 e. The summed E-state index contributed by atoms with van der Waals surface area (Å²) in [4.78, 5) is 34.0. The molecule has 4 rings (SSSR count). The number of likely N-dealkylation sites (tertiary alicyclic amines) is 1. The van der Waals surface area contributed by atoms with Gasteiger partial charge in [-0.05, 0) is 43.4 Å². The Hall–Kier alpha value is -2.89. The summed E-state index contributed by atoms with van der Waals surface area (Å²) in [6.07, 6.45) is 5.31. The average Bonchev–Trinajstić information content (AvgIpc) is 3.34. The zero-order valence-corrected chi connectivity index (χ0v) is 16.9. The molecule has 6 nitrogen and oxygen atoms in total. The highest BCUT2D eigenvalue weighted by molar-refractivity contribution is 5.94. The normalized spacial score (nSPS) is 18.5. The van der Waals surface area contributed by atoms with Gasteiger partial charge in [-0.15, -0.1) is 0 Å². The molecule has 0 radical (unpaired) electrons. The topological polar surface area (TPSA) is 65.5 Å². The summed E-state index contributed by atoms with van der Waals surface area (Å²) in [7, 11) is 1.71. The number of carbonyl (C=O) groups excluding carboxylic acids is 2. The molecule has 0 aliphatic carbocycles. The number of carbonyl (C=O) groups is 2. The van der Waals surface area contributed by atoms with Crippen molar-refractivity contribution >= 4 is 17.6 Å². The molecule has 0 saturated carbocycles. The Kier molecular flexibility index (Phi) is 5.51. The van der Waals surface area contributed by atoms with Crippen molar-refractivity contribution in [1.29, 1.82) is 0 Å². The molecule has 1 aromatic carbocycles. The lowest BCUT2D eigenvalue weighted by Gasteiger charge is -2.41. The molecule has 6 heteroatoms. The predicted octanol–water partition coefficient (Wildman–Crippen LogP) is 2.60. The number of rotatable bonds is 4. The van der Waals surface area contributed by atoms with Crippen molar-refractivity contribution in [3.8, 4) is 0 Å². The number of anilines is 1. The monoisotopic (exact) mass is 392 g/mol. The highest BCUT2D eigenvalue weighted by atomic mass is 16.2. The van der Waals surface area contributed by atoms with E-state index >= 15 is 0 Å². The predicted molar refractivity (Wildman–Crippen MR) is 113 cm³/mol. The van der Waals surface area contributed by atoms with E-state index in [1.807, 2.05) is 47.4 Å². The Labute approximate surface area is 171 Å². The van der Waals surface area contributed by atoms with Crippen molar-refractivity contribution < 1.29 is 9.59 Å². The van der Waals surface area contributed by atoms with E-state index in [1.165, 1.54) is 0 Å². The van der Waals surface area contributed by atoms with E-state index in [0.717, 1.165) is 63.2 Å². The van der Waals surface area contributed by atoms with Gasteiger partial charge in [0.1, 0.15) is 5.82 Å². The second-order valence-electron chi connectivity index (χ2n) is 7.92. The van der Waals surface area contributed by atoms with Crippen LogP contribution >= 0.6 is 0 Å². The van der Waals surface area contributed by atoms with Crippen LogP contribution in [0, 0.1) is 0 Å². The lowest BCUT2D eigenvalue weighted by atomic mass is 9.72. The Balaban J connectivity index is 1.47.